The Morgan fingerprint density at radius 3 is 2.72 bits per heavy atom. The number of hydrogen-bond acceptors (Lipinski definition) is 5. The van der Waals surface area contributed by atoms with Gasteiger partial charge in [-0.1, -0.05) is 37.0 Å². The molecule has 29 heavy (non-hydrogen) atoms. The molecule has 0 bridgehead atoms. The zero-order valence-corrected chi connectivity index (χ0v) is 18.7. The molecule has 10 heteroatoms. The zero-order valence-electron chi connectivity index (χ0n) is 16.4. The van der Waals surface area contributed by atoms with E-state index in [0.29, 0.717) is 12.0 Å². The third-order valence-electron chi connectivity index (χ3n) is 5.25. The second-order valence-corrected chi connectivity index (χ2v) is 10.6. The summed E-state index contributed by atoms with van der Waals surface area (Å²) < 4.78 is 28.5. The summed E-state index contributed by atoms with van der Waals surface area (Å²) in [5, 5.41) is 3.82. The maximum atomic E-state index is 12.5. The van der Waals surface area contributed by atoms with E-state index in [1.54, 1.807) is 10.9 Å². The van der Waals surface area contributed by atoms with Crippen molar-refractivity contribution >= 4 is 39.1 Å². The molecule has 1 aliphatic carbocycles. The molecule has 0 spiro atoms. The maximum Gasteiger partial charge on any atom is 0.283 e. The van der Waals surface area contributed by atoms with Gasteiger partial charge in [-0.25, -0.2) is 9.71 Å². The summed E-state index contributed by atoms with van der Waals surface area (Å²) >= 11 is 11.6. The lowest BCUT2D eigenvalue weighted by molar-refractivity contribution is 0.0981. The zero-order chi connectivity index (χ0) is 21.2. The van der Waals surface area contributed by atoms with Crippen molar-refractivity contribution in [1.29, 1.82) is 0 Å². The molecule has 0 saturated heterocycles. The molecule has 2 heterocycles. The molecular formula is C19H24Cl2N4O3S. The highest BCUT2D eigenvalue weighted by Crippen LogP contribution is 2.42. The Hall–Kier alpha value is -1.64. The van der Waals surface area contributed by atoms with Crippen LogP contribution in [0.15, 0.2) is 29.4 Å². The van der Waals surface area contributed by atoms with Crippen LogP contribution in [0.2, 0.25) is 10.3 Å². The van der Waals surface area contributed by atoms with E-state index < -0.39 is 15.9 Å². The first-order valence-corrected chi connectivity index (χ1v) is 11.7. The van der Waals surface area contributed by atoms with Crippen molar-refractivity contribution in [3.63, 3.8) is 0 Å². The minimum absolute atomic E-state index is 0.0847. The fourth-order valence-electron chi connectivity index (χ4n) is 3.79. The van der Waals surface area contributed by atoms with E-state index in [4.69, 9.17) is 23.2 Å². The molecule has 1 amide bonds. The van der Waals surface area contributed by atoms with Gasteiger partial charge in [0.2, 0.25) is 0 Å². The lowest BCUT2D eigenvalue weighted by Crippen LogP contribution is -2.31. The second kappa shape index (κ2) is 8.62. The molecule has 2 aromatic rings. The Morgan fingerprint density at radius 2 is 2.07 bits per heavy atom. The lowest BCUT2D eigenvalue weighted by Gasteiger charge is -2.17. The molecule has 1 atom stereocenters. The molecule has 2 aromatic heterocycles. The van der Waals surface area contributed by atoms with Gasteiger partial charge in [0, 0.05) is 12.7 Å². The van der Waals surface area contributed by atoms with Crippen molar-refractivity contribution in [3.8, 4) is 0 Å². The van der Waals surface area contributed by atoms with Gasteiger partial charge < -0.3 is 0 Å². The third-order valence-corrected chi connectivity index (χ3v) is 6.97. The molecule has 7 nitrogen and oxygen atoms in total. The standard InChI is InChI=1S/C19H24Cl2N4O3S/c1-19(2)9-7-13(12-19)4-3-10-25-11-8-16(23-25)29(27,28)24-18(26)14-5-6-15(20)22-17(14)21/h5-6,8,11,13H,3-4,7,9-10,12H2,1-2H3,(H,24,26). The molecular weight excluding hydrogens is 435 g/mol. The van der Waals surface area contributed by atoms with Gasteiger partial charge in [0.15, 0.2) is 5.03 Å². The Bertz CT molecular complexity index is 1000. The number of carbonyl (C=O) groups excluding carboxylic acids is 1. The smallest absolute Gasteiger partial charge is 0.271 e. The van der Waals surface area contributed by atoms with Crippen molar-refractivity contribution in [1.82, 2.24) is 19.5 Å². The van der Waals surface area contributed by atoms with Crippen LogP contribution in [0.5, 0.6) is 0 Å². The van der Waals surface area contributed by atoms with Crippen molar-refractivity contribution in [2.24, 2.45) is 11.3 Å². The molecule has 1 aliphatic rings. The first-order chi connectivity index (χ1) is 13.6. The molecule has 0 aromatic carbocycles. The molecule has 1 fully saturated rings. The first-order valence-electron chi connectivity index (χ1n) is 9.48. The van der Waals surface area contributed by atoms with E-state index in [9.17, 15) is 13.2 Å². The van der Waals surface area contributed by atoms with Gasteiger partial charge in [0.05, 0.1) is 5.56 Å². The van der Waals surface area contributed by atoms with Crippen LogP contribution in [0.3, 0.4) is 0 Å². The van der Waals surface area contributed by atoms with E-state index in [0.717, 1.165) is 18.8 Å². The number of aromatic nitrogens is 3. The number of rotatable bonds is 7. The summed E-state index contributed by atoms with van der Waals surface area (Å²) in [4.78, 5) is 16.0. The topological polar surface area (TPSA) is 94.0 Å². The molecule has 0 aliphatic heterocycles. The van der Waals surface area contributed by atoms with Crippen LogP contribution in [-0.4, -0.2) is 29.1 Å². The number of aryl methyl sites for hydroxylation is 1. The Balaban J connectivity index is 1.57. The number of hydrogen-bond donors (Lipinski definition) is 1. The average molecular weight is 459 g/mol. The van der Waals surface area contributed by atoms with Crippen LogP contribution in [-0.2, 0) is 16.6 Å². The summed E-state index contributed by atoms with van der Waals surface area (Å²) in [6.07, 6.45) is 7.38. The molecule has 1 unspecified atom stereocenters. The average Bonchev–Trinajstić information content (AvgIpc) is 3.21. The van der Waals surface area contributed by atoms with Gasteiger partial charge in [0.25, 0.3) is 15.9 Å². The predicted molar refractivity (Wildman–Crippen MR) is 111 cm³/mol. The minimum Gasteiger partial charge on any atom is -0.271 e. The summed E-state index contributed by atoms with van der Waals surface area (Å²) in [5.74, 6) is -0.168. The Kier molecular flexibility index (Phi) is 6.55. The van der Waals surface area contributed by atoms with Gasteiger partial charge in [-0.2, -0.15) is 13.5 Å². The van der Waals surface area contributed by atoms with Gasteiger partial charge in [0.1, 0.15) is 10.3 Å². The van der Waals surface area contributed by atoms with Crippen molar-refractivity contribution in [2.75, 3.05) is 0 Å². The number of halogens is 2. The van der Waals surface area contributed by atoms with Gasteiger partial charge in [-0.15, -0.1) is 0 Å². The number of sulfonamides is 1. The number of amides is 1. The van der Waals surface area contributed by atoms with Crippen LogP contribution in [0, 0.1) is 11.3 Å². The molecule has 3 rings (SSSR count). The first kappa shape index (κ1) is 22.1. The lowest BCUT2D eigenvalue weighted by atomic mass is 9.89. The SMILES string of the molecule is CC1(C)CCC(CCCn2ccc(S(=O)(=O)NC(=O)c3ccc(Cl)nc3Cl)n2)C1. The summed E-state index contributed by atoms with van der Waals surface area (Å²) in [5.41, 5.74) is 0.344. The second-order valence-electron chi connectivity index (χ2n) is 8.24. The normalized spacial score (nSPS) is 18.7. The van der Waals surface area contributed by atoms with Crippen molar-refractivity contribution < 1.29 is 13.2 Å². The fourth-order valence-corrected chi connectivity index (χ4v) is 5.13. The van der Waals surface area contributed by atoms with Crippen molar-refractivity contribution in [3.05, 3.63) is 40.3 Å². The monoisotopic (exact) mass is 458 g/mol. The van der Waals surface area contributed by atoms with Gasteiger partial charge >= 0.3 is 0 Å². The largest absolute Gasteiger partial charge is 0.283 e. The van der Waals surface area contributed by atoms with Gasteiger partial charge in [-0.05, 0) is 61.6 Å². The number of carbonyl (C=O) groups is 1. The van der Waals surface area contributed by atoms with Crippen molar-refractivity contribution in [2.45, 2.75) is 57.5 Å². The van der Waals surface area contributed by atoms with E-state index in [-0.39, 0.29) is 20.9 Å². The van der Waals surface area contributed by atoms with E-state index in [1.807, 2.05) is 4.72 Å². The highest BCUT2D eigenvalue weighted by atomic mass is 35.5. The van der Waals surface area contributed by atoms with Crippen LogP contribution in [0.25, 0.3) is 0 Å². The van der Waals surface area contributed by atoms with E-state index >= 15 is 0 Å². The molecule has 1 saturated carbocycles. The van der Waals surface area contributed by atoms with E-state index in [2.05, 4.69) is 23.9 Å². The van der Waals surface area contributed by atoms with E-state index in [1.165, 1.54) is 37.5 Å². The van der Waals surface area contributed by atoms with Crippen LogP contribution in [0.1, 0.15) is 56.3 Å². The predicted octanol–water partition coefficient (Wildman–Crippen LogP) is 4.31. The van der Waals surface area contributed by atoms with Crippen LogP contribution < -0.4 is 4.72 Å². The van der Waals surface area contributed by atoms with Crippen LogP contribution >= 0.6 is 23.2 Å². The summed E-state index contributed by atoms with van der Waals surface area (Å²) in [6, 6.07) is 4.04. The summed E-state index contributed by atoms with van der Waals surface area (Å²) in [6.45, 7) is 5.24. The Labute approximate surface area is 180 Å². The summed E-state index contributed by atoms with van der Waals surface area (Å²) in [7, 11) is -4.12. The fraction of sp³-hybridized carbons (Fsp3) is 0.526. The Morgan fingerprint density at radius 1 is 1.31 bits per heavy atom. The minimum atomic E-state index is -4.12. The maximum absolute atomic E-state index is 12.5. The quantitative estimate of drug-likeness (QED) is 0.623. The number of pyridine rings is 1. The van der Waals surface area contributed by atoms with Gasteiger partial charge in [-0.3, -0.25) is 9.48 Å². The molecule has 1 N–H and O–H groups in total. The third kappa shape index (κ3) is 5.71. The highest BCUT2D eigenvalue weighted by molar-refractivity contribution is 7.90. The highest BCUT2D eigenvalue weighted by Gasteiger charge is 2.30. The molecule has 0 radical (unpaired) electrons. The molecule has 158 valence electrons. The number of nitrogens with one attached hydrogen (secondary N) is 1. The number of nitrogens with zero attached hydrogens (tertiary/aromatic N) is 3. The van der Waals surface area contributed by atoms with Crippen LogP contribution in [0.4, 0.5) is 0 Å².